The molecule has 26 heavy (non-hydrogen) atoms. The summed E-state index contributed by atoms with van der Waals surface area (Å²) in [6.45, 7) is 1.70. The summed E-state index contributed by atoms with van der Waals surface area (Å²) >= 11 is 0. The van der Waals surface area contributed by atoms with Crippen LogP contribution in [0.5, 0.6) is 0 Å². The van der Waals surface area contributed by atoms with Crippen LogP contribution in [0, 0.1) is 0 Å². The summed E-state index contributed by atoms with van der Waals surface area (Å²) in [4.78, 5) is 14.7. The lowest BCUT2D eigenvalue weighted by atomic mass is 10.1. The Morgan fingerprint density at radius 3 is 2.50 bits per heavy atom. The number of rotatable bonds is 5. The van der Waals surface area contributed by atoms with Gasteiger partial charge in [0.2, 0.25) is 15.9 Å². The summed E-state index contributed by atoms with van der Waals surface area (Å²) in [5.41, 5.74) is 0. The molecule has 1 saturated heterocycles. The molecule has 0 aliphatic carbocycles. The molecular formula is C19H25N3O3S. The van der Waals surface area contributed by atoms with Gasteiger partial charge in [-0.3, -0.25) is 4.79 Å². The Morgan fingerprint density at radius 2 is 1.81 bits per heavy atom. The lowest BCUT2D eigenvalue weighted by Gasteiger charge is -2.29. The largest absolute Gasteiger partial charge is 0.352 e. The number of carbonyl (C=O) groups excluding carboxylic acids is 1. The van der Waals surface area contributed by atoms with Crippen LogP contribution in [0.1, 0.15) is 12.8 Å². The molecule has 0 aromatic heterocycles. The average Bonchev–Trinajstić information content (AvgIpc) is 2.63. The van der Waals surface area contributed by atoms with E-state index in [0.717, 1.165) is 41.0 Å². The Bertz CT molecular complexity index is 890. The minimum absolute atomic E-state index is 0.121. The second-order valence-corrected chi connectivity index (χ2v) is 8.96. The molecule has 140 valence electrons. The molecule has 0 bridgehead atoms. The first-order chi connectivity index (χ1) is 12.4. The summed E-state index contributed by atoms with van der Waals surface area (Å²) in [5.74, 6) is -0.258. The zero-order valence-electron chi connectivity index (χ0n) is 15.2. The van der Waals surface area contributed by atoms with E-state index in [4.69, 9.17) is 0 Å². The number of hydrogen-bond acceptors (Lipinski definition) is 4. The summed E-state index contributed by atoms with van der Waals surface area (Å²) in [6, 6.07) is 12.7. The molecule has 2 aromatic rings. The number of fused-ring (bicyclic) bond motifs is 1. The quantitative estimate of drug-likeness (QED) is 0.863. The van der Waals surface area contributed by atoms with Crippen LogP contribution in [0.25, 0.3) is 10.8 Å². The third kappa shape index (κ3) is 4.23. The summed E-state index contributed by atoms with van der Waals surface area (Å²) in [5, 5.41) is 4.79. The normalized spacial score (nSPS) is 16.9. The number of sulfonamides is 1. The van der Waals surface area contributed by atoms with E-state index < -0.39 is 10.0 Å². The second kappa shape index (κ2) is 7.73. The second-order valence-electron chi connectivity index (χ2n) is 6.92. The van der Waals surface area contributed by atoms with Crippen molar-refractivity contribution in [2.75, 3.05) is 33.7 Å². The van der Waals surface area contributed by atoms with Crippen LogP contribution in [-0.4, -0.2) is 63.3 Å². The van der Waals surface area contributed by atoms with Gasteiger partial charge in [-0.1, -0.05) is 30.3 Å². The molecule has 0 saturated carbocycles. The predicted molar refractivity (Wildman–Crippen MR) is 102 cm³/mol. The molecule has 1 amide bonds. The van der Waals surface area contributed by atoms with Crippen molar-refractivity contribution in [3.05, 3.63) is 42.5 Å². The van der Waals surface area contributed by atoms with Gasteiger partial charge in [0.05, 0.1) is 11.4 Å². The number of likely N-dealkylation sites (N-methyl/N-ethyl adjacent to an activating group) is 1. The van der Waals surface area contributed by atoms with Crippen molar-refractivity contribution < 1.29 is 13.2 Å². The lowest BCUT2D eigenvalue weighted by Crippen LogP contribution is -2.46. The van der Waals surface area contributed by atoms with Crippen LogP contribution in [-0.2, 0) is 14.8 Å². The van der Waals surface area contributed by atoms with Crippen LogP contribution in [0.3, 0.4) is 0 Å². The number of likely N-dealkylation sites (tertiary alicyclic amines) is 1. The van der Waals surface area contributed by atoms with Gasteiger partial charge >= 0.3 is 0 Å². The minimum atomic E-state index is -3.71. The van der Waals surface area contributed by atoms with Gasteiger partial charge in [0.1, 0.15) is 0 Å². The monoisotopic (exact) mass is 375 g/mol. The first kappa shape index (κ1) is 18.8. The summed E-state index contributed by atoms with van der Waals surface area (Å²) < 4.78 is 26.7. The maximum atomic E-state index is 12.8. The molecule has 1 aliphatic rings. The molecule has 0 spiro atoms. The van der Waals surface area contributed by atoms with Crippen molar-refractivity contribution in [1.29, 1.82) is 0 Å². The maximum Gasteiger partial charge on any atom is 0.243 e. The number of nitrogens with zero attached hydrogens (tertiary/aromatic N) is 2. The Balaban J connectivity index is 1.67. The maximum absolute atomic E-state index is 12.8. The van der Waals surface area contributed by atoms with E-state index in [2.05, 4.69) is 17.3 Å². The van der Waals surface area contributed by atoms with Gasteiger partial charge in [-0.05, 0) is 55.9 Å². The Labute approximate surface area is 154 Å². The van der Waals surface area contributed by atoms with Crippen LogP contribution in [0.2, 0.25) is 0 Å². The van der Waals surface area contributed by atoms with Gasteiger partial charge in [-0.15, -0.1) is 0 Å². The van der Waals surface area contributed by atoms with Crippen molar-refractivity contribution in [1.82, 2.24) is 14.5 Å². The van der Waals surface area contributed by atoms with E-state index in [1.165, 1.54) is 7.05 Å². The Kier molecular flexibility index (Phi) is 5.60. The number of amides is 1. The minimum Gasteiger partial charge on any atom is -0.352 e. The molecule has 1 aliphatic heterocycles. The summed E-state index contributed by atoms with van der Waals surface area (Å²) in [6.07, 6.45) is 1.78. The number of carbonyl (C=O) groups is 1. The van der Waals surface area contributed by atoms with Crippen molar-refractivity contribution >= 4 is 26.7 Å². The van der Waals surface area contributed by atoms with Crippen LogP contribution < -0.4 is 5.32 Å². The number of benzene rings is 2. The van der Waals surface area contributed by atoms with Gasteiger partial charge in [0.15, 0.2) is 0 Å². The highest BCUT2D eigenvalue weighted by Gasteiger charge is 2.25. The molecule has 1 heterocycles. The predicted octanol–water partition coefficient (Wildman–Crippen LogP) is 1.67. The molecule has 6 nitrogen and oxygen atoms in total. The topological polar surface area (TPSA) is 69.7 Å². The van der Waals surface area contributed by atoms with Crippen molar-refractivity contribution in [3.63, 3.8) is 0 Å². The van der Waals surface area contributed by atoms with Crippen LogP contribution in [0.15, 0.2) is 47.4 Å². The van der Waals surface area contributed by atoms with E-state index in [1.807, 2.05) is 24.3 Å². The lowest BCUT2D eigenvalue weighted by molar-refractivity contribution is -0.122. The molecule has 0 unspecified atom stereocenters. The fourth-order valence-electron chi connectivity index (χ4n) is 3.22. The fourth-order valence-corrected chi connectivity index (χ4v) is 4.38. The third-order valence-corrected chi connectivity index (χ3v) is 6.68. The highest BCUT2D eigenvalue weighted by molar-refractivity contribution is 7.89. The Morgan fingerprint density at radius 1 is 1.15 bits per heavy atom. The zero-order valence-corrected chi connectivity index (χ0v) is 16.0. The van der Waals surface area contributed by atoms with Crippen molar-refractivity contribution in [2.24, 2.45) is 0 Å². The fraction of sp³-hybridized carbons (Fsp3) is 0.421. The molecule has 1 fully saturated rings. The van der Waals surface area contributed by atoms with Crippen molar-refractivity contribution in [2.45, 2.75) is 23.8 Å². The van der Waals surface area contributed by atoms with Gasteiger partial charge in [-0.25, -0.2) is 8.42 Å². The first-order valence-electron chi connectivity index (χ1n) is 8.79. The van der Waals surface area contributed by atoms with Gasteiger partial charge in [0.25, 0.3) is 0 Å². The van der Waals surface area contributed by atoms with Gasteiger partial charge in [-0.2, -0.15) is 4.31 Å². The summed E-state index contributed by atoms with van der Waals surface area (Å²) in [7, 11) is -0.210. The van der Waals surface area contributed by atoms with E-state index in [1.54, 1.807) is 18.2 Å². The molecule has 0 radical (unpaired) electrons. The molecule has 2 aromatic carbocycles. The molecular weight excluding hydrogens is 350 g/mol. The smallest absolute Gasteiger partial charge is 0.243 e. The Hall–Kier alpha value is -1.96. The standard InChI is InChI=1S/C19H25N3O3S/c1-21-11-9-17(10-12-21)20-19(23)14-22(2)26(24,25)18-8-7-15-5-3-4-6-16(15)13-18/h3-8,13,17H,9-12,14H2,1-2H3,(H,20,23). The van der Waals surface area contributed by atoms with E-state index in [9.17, 15) is 13.2 Å². The molecule has 0 atom stereocenters. The van der Waals surface area contributed by atoms with Gasteiger partial charge < -0.3 is 10.2 Å². The highest BCUT2D eigenvalue weighted by Crippen LogP contribution is 2.21. The zero-order chi connectivity index (χ0) is 18.7. The number of piperidine rings is 1. The molecule has 1 N–H and O–H groups in total. The van der Waals surface area contributed by atoms with Crippen LogP contribution >= 0.6 is 0 Å². The van der Waals surface area contributed by atoms with E-state index in [-0.39, 0.29) is 23.4 Å². The third-order valence-electron chi connectivity index (χ3n) is 4.88. The van der Waals surface area contributed by atoms with E-state index >= 15 is 0 Å². The van der Waals surface area contributed by atoms with E-state index in [0.29, 0.717) is 0 Å². The number of nitrogens with one attached hydrogen (secondary N) is 1. The molecule has 7 heteroatoms. The highest BCUT2D eigenvalue weighted by atomic mass is 32.2. The molecule has 3 rings (SSSR count). The number of hydrogen-bond donors (Lipinski definition) is 1. The van der Waals surface area contributed by atoms with Crippen LogP contribution in [0.4, 0.5) is 0 Å². The van der Waals surface area contributed by atoms with Gasteiger partial charge in [0, 0.05) is 13.1 Å². The SMILES string of the molecule is CN1CCC(NC(=O)CN(C)S(=O)(=O)c2ccc3ccccc3c2)CC1. The first-order valence-corrected chi connectivity index (χ1v) is 10.2. The van der Waals surface area contributed by atoms with Crippen molar-refractivity contribution in [3.8, 4) is 0 Å². The average molecular weight is 375 g/mol.